The van der Waals surface area contributed by atoms with Gasteiger partial charge in [0.25, 0.3) is 0 Å². The quantitative estimate of drug-likeness (QED) is 0.677. The molecule has 19 heavy (non-hydrogen) atoms. The molecule has 3 N–H and O–H groups in total. The number of nitrogens with one attached hydrogen (secondary N) is 1. The first-order chi connectivity index (χ1) is 8.90. The summed E-state index contributed by atoms with van der Waals surface area (Å²) >= 11 is 4.72. The summed E-state index contributed by atoms with van der Waals surface area (Å²) in [4.78, 5) is 22.8. The highest BCUT2D eigenvalue weighted by atomic mass is 79.9. The molecule has 0 spiro atoms. The normalized spacial score (nSPS) is 11.9. The van der Waals surface area contributed by atoms with Gasteiger partial charge in [0.1, 0.15) is 0 Å². The van der Waals surface area contributed by atoms with Crippen LogP contribution in [0.25, 0.3) is 0 Å². The van der Waals surface area contributed by atoms with Crippen molar-refractivity contribution in [2.75, 3.05) is 12.3 Å². The second-order valence-corrected chi connectivity index (χ2v) is 5.79. The van der Waals surface area contributed by atoms with Crippen molar-refractivity contribution in [3.63, 3.8) is 0 Å². The molecule has 0 aliphatic rings. The van der Waals surface area contributed by atoms with E-state index in [2.05, 4.69) is 21.2 Å². The summed E-state index contributed by atoms with van der Waals surface area (Å²) in [6, 6.07) is 5.75. The third-order valence-electron chi connectivity index (χ3n) is 2.27. The third kappa shape index (κ3) is 5.63. The van der Waals surface area contributed by atoms with Gasteiger partial charge in [0.15, 0.2) is 6.10 Å². The number of aliphatic hydroxyl groups excluding tert-OH is 1. The highest BCUT2D eigenvalue weighted by molar-refractivity contribution is 9.10. The van der Waals surface area contributed by atoms with Crippen molar-refractivity contribution in [1.29, 1.82) is 0 Å². The number of thioether (sulfide) groups is 1. The van der Waals surface area contributed by atoms with E-state index in [1.165, 1.54) is 11.8 Å². The Balaban J connectivity index is 2.40. The van der Waals surface area contributed by atoms with Gasteiger partial charge in [-0.1, -0.05) is 15.9 Å². The van der Waals surface area contributed by atoms with Crippen molar-refractivity contribution in [2.45, 2.75) is 17.9 Å². The van der Waals surface area contributed by atoms with Gasteiger partial charge in [-0.15, -0.1) is 11.8 Å². The minimum absolute atomic E-state index is 0.175. The summed E-state index contributed by atoms with van der Waals surface area (Å²) in [5.41, 5.74) is 1.05. The first-order valence-electron chi connectivity index (χ1n) is 5.46. The van der Waals surface area contributed by atoms with Crippen LogP contribution in [0.1, 0.15) is 5.56 Å². The molecule has 1 aromatic carbocycles. The predicted octanol–water partition coefficient (Wildman–Crippen LogP) is 1.41. The Kier molecular flexibility index (Phi) is 6.33. The molecule has 1 aromatic rings. The number of halogens is 1. The molecule has 0 radical (unpaired) electrons. The molecular formula is C12H14BrNO4S. The number of hydrogen-bond acceptors (Lipinski definition) is 4. The van der Waals surface area contributed by atoms with Gasteiger partial charge in [0.05, 0.1) is 12.3 Å². The Morgan fingerprint density at radius 1 is 1.47 bits per heavy atom. The summed E-state index contributed by atoms with van der Waals surface area (Å²) in [5.74, 6) is -1.49. The molecule has 7 heteroatoms. The molecule has 1 atom stereocenters. The summed E-state index contributed by atoms with van der Waals surface area (Å²) < 4.78 is 0.975. The molecule has 0 aromatic heterocycles. The Bertz CT molecular complexity index is 481. The molecule has 0 heterocycles. The molecule has 5 nitrogen and oxygen atoms in total. The van der Waals surface area contributed by atoms with Crippen LogP contribution in [0.15, 0.2) is 27.6 Å². The maximum absolute atomic E-state index is 11.5. The van der Waals surface area contributed by atoms with Gasteiger partial charge >= 0.3 is 5.97 Å². The van der Waals surface area contributed by atoms with E-state index < -0.39 is 12.1 Å². The number of aryl methyl sites for hydroxylation is 1. The number of aliphatic hydroxyl groups is 1. The van der Waals surface area contributed by atoms with Gasteiger partial charge in [-0.25, -0.2) is 4.79 Å². The summed E-state index contributed by atoms with van der Waals surface area (Å²) in [6.07, 6.45) is -1.57. The average Bonchev–Trinajstić information content (AvgIpc) is 2.34. The smallest absolute Gasteiger partial charge is 0.334 e. The topological polar surface area (TPSA) is 86.6 Å². The first kappa shape index (κ1) is 16.0. The number of hydrogen-bond donors (Lipinski definition) is 3. The second-order valence-electron chi connectivity index (χ2n) is 3.86. The average molecular weight is 348 g/mol. The number of rotatable bonds is 6. The molecule has 0 saturated heterocycles. The zero-order chi connectivity index (χ0) is 14.4. The fourth-order valence-corrected chi connectivity index (χ4v) is 2.58. The molecule has 0 aliphatic heterocycles. The van der Waals surface area contributed by atoms with E-state index >= 15 is 0 Å². The number of amides is 1. The SMILES string of the molecule is Cc1cc(Br)ccc1SCC(=O)NC[C@H](O)C(=O)O. The van der Waals surface area contributed by atoms with Gasteiger partial charge < -0.3 is 15.5 Å². The first-order valence-corrected chi connectivity index (χ1v) is 7.24. The van der Waals surface area contributed by atoms with E-state index in [1.54, 1.807) is 0 Å². The van der Waals surface area contributed by atoms with Crippen molar-refractivity contribution in [2.24, 2.45) is 0 Å². The Morgan fingerprint density at radius 2 is 2.16 bits per heavy atom. The fourth-order valence-electron chi connectivity index (χ4n) is 1.27. The van der Waals surface area contributed by atoms with Crippen molar-refractivity contribution in [3.8, 4) is 0 Å². The third-order valence-corrected chi connectivity index (χ3v) is 3.94. The van der Waals surface area contributed by atoms with Crippen LogP contribution in [0.3, 0.4) is 0 Å². The van der Waals surface area contributed by atoms with Crippen molar-refractivity contribution in [3.05, 3.63) is 28.2 Å². The molecule has 0 fully saturated rings. The molecule has 0 aliphatic carbocycles. The summed E-state index contributed by atoms with van der Waals surface area (Å²) in [5, 5.41) is 19.8. The fraction of sp³-hybridized carbons (Fsp3) is 0.333. The van der Waals surface area contributed by atoms with Crippen molar-refractivity contribution >= 4 is 39.6 Å². The van der Waals surface area contributed by atoms with Gasteiger partial charge in [-0.2, -0.15) is 0 Å². The molecule has 104 valence electrons. The van der Waals surface area contributed by atoms with E-state index in [0.717, 1.165) is 14.9 Å². The number of carboxylic acids is 1. The second kappa shape index (κ2) is 7.52. The molecule has 0 bridgehead atoms. The van der Waals surface area contributed by atoms with E-state index in [9.17, 15) is 9.59 Å². The van der Waals surface area contributed by atoms with Gasteiger partial charge in [0, 0.05) is 9.37 Å². The van der Waals surface area contributed by atoms with E-state index in [4.69, 9.17) is 10.2 Å². The molecule has 1 rings (SSSR count). The van der Waals surface area contributed by atoms with Gasteiger partial charge in [-0.3, -0.25) is 4.79 Å². The highest BCUT2D eigenvalue weighted by Crippen LogP contribution is 2.24. The molecule has 0 unspecified atom stereocenters. The standard InChI is InChI=1S/C12H14BrNO4S/c1-7-4-8(13)2-3-10(7)19-6-11(16)14-5-9(15)12(17)18/h2-4,9,15H,5-6H2,1H3,(H,14,16)(H,17,18)/t9-/m0/s1. The maximum atomic E-state index is 11.5. The zero-order valence-electron chi connectivity index (χ0n) is 10.2. The van der Waals surface area contributed by atoms with E-state index in [0.29, 0.717) is 0 Å². The Labute approximate surface area is 123 Å². The minimum Gasteiger partial charge on any atom is -0.479 e. The van der Waals surface area contributed by atoms with E-state index in [1.807, 2.05) is 25.1 Å². The minimum atomic E-state index is -1.57. The van der Waals surface area contributed by atoms with Crippen LogP contribution in [0.2, 0.25) is 0 Å². The molecule has 0 saturated carbocycles. The summed E-state index contributed by atoms with van der Waals surface area (Å²) in [7, 11) is 0. The summed E-state index contributed by atoms with van der Waals surface area (Å²) in [6.45, 7) is 1.66. The molecular weight excluding hydrogens is 334 g/mol. The lowest BCUT2D eigenvalue weighted by Crippen LogP contribution is -2.37. The highest BCUT2D eigenvalue weighted by Gasteiger charge is 2.14. The van der Waals surface area contributed by atoms with Gasteiger partial charge in [0.2, 0.25) is 5.91 Å². The van der Waals surface area contributed by atoms with Gasteiger partial charge in [-0.05, 0) is 30.7 Å². The van der Waals surface area contributed by atoms with Crippen LogP contribution in [-0.2, 0) is 9.59 Å². The van der Waals surface area contributed by atoms with Crippen LogP contribution >= 0.6 is 27.7 Å². The monoisotopic (exact) mass is 347 g/mol. The lowest BCUT2D eigenvalue weighted by atomic mass is 10.2. The van der Waals surface area contributed by atoms with Crippen LogP contribution in [0, 0.1) is 6.92 Å². The van der Waals surface area contributed by atoms with Crippen LogP contribution in [0.4, 0.5) is 0 Å². The Morgan fingerprint density at radius 3 is 2.74 bits per heavy atom. The Hall–Kier alpha value is -1.05. The number of aliphatic carboxylic acids is 1. The number of carbonyl (C=O) groups excluding carboxylic acids is 1. The predicted molar refractivity (Wildman–Crippen MR) is 76.3 cm³/mol. The number of carboxylic acid groups (broad SMARTS) is 1. The molecule has 1 amide bonds. The van der Waals surface area contributed by atoms with Crippen molar-refractivity contribution in [1.82, 2.24) is 5.32 Å². The lowest BCUT2D eigenvalue weighted by Gasteiger charge is -2.08. The van der Waals surface area contributed by atoms with Crippen molar-refractivity contribution < 1.29 is 19.8 Å². The zero-order valence-corrected chi connectivity index (χ0v) is 12.6. The number of carbonyl (C=O) groups is 2. The maximum Gasteiger partial charge on any atom is 0.334 e. The lowest BCUT2D eigenvalue weighted by molar-refractivity contribution is -0.146. The van der Waals surface area contributed by atoms with Crippen LogP contribution < -0.4 is 5.32 Å². The van der Waals surface area contributed by atoms with Crippen LogP contribution in [-0.4, -0.2) is 40.5 Å². The largest absolute Gasteiger partial charge is 0.479 e. The number of benzene rings is 1. The van der Waals surface area contributed by atoms with Crippen LogP contribution in [0.5, 0.6) is 0 Å². The van der Waals surface area contributed by atoms with E-state index in [-0.39, 0.29) is 18.2 Å².